The smallest absolute Gasteiger partial charge is 0.310 e. The van der Waals surface area contributed by atoms with Crippen molar-refractivity contribution in [2.24, 2.45) is 7.05 Å². The summed E-state index contributed by atoms with van der Waals surface area (Å²) in [5.41, 5.74) is -0.526. The van der Waals surface area contributed by atoms with E-state index in [0.717, 1.165) is 6.07 Å². The molecule has 29 heavy (non-hydrogen) atoms. The molecule has 0 saturated carbocycles. The first-order chi connectivity index (χ1) is 13.5. The van der Waals surface area contributed by atoms with Gasteiger partial charge in [-0.15, -0.1) is 0 Å². The van der Waals surface area contributed by atoms with Crippen LogP contribution in [0.25, 0.3) is 28.2 Å². The van der Waals surface area contributed by atoms with Gasteiger partial charge in [-0.05, 0) is 18.2 Å². The van der Waals surface area contributed by atoms with Crippen molar-refractivity contribution in [2.45, 2.75) is 18.0 Å². The Bertz CT molecular complexity index is 1380. The maximum Gasteiger partial charge on any atom is 0.417 e. The number of fused-ring (bicyclic) bond motifs is 2. The molecule has 4 heterocycles. The lowest BCUT2D eigenvalue weighted by Crippen LogP contribution is -2.06. The van der Waals surface area contributed by atoms with E-state index in [1.54, 1.807) is 6.07 Å². The number of hydrogen-bond donors (Lipinski definition) is 0. The van der Waals surface area contributed by atoms with Crippen LogP contribution in [-0.4, -0.2) is 38.3 Å². The highest BCUT2D eigenvalue weighted by atomic mass is 35.5. The molecule has 0 spiro atoms. The fraction of sp³-hybridized carbons (Fsp3) is 0.235. The average molecular weight is 444 g/mol. The summed E-state index contributed by atoms with van der Waals surface area (Å²) in [5, 5.41) is 4.63. The maximum atomic E-state index is 13.0. The fourth-order valence-electron chi connectivity index (χ4n) is 3.04. The quantitative estimate of drug-likeness (QED) is 0.481. The van der Waals surface area contributed by atoms with Gasteiger partial charge < -0.3 is 4.57 Å². The fourth-order valence-corrected chi connectivity index (χ4v) is 4.38. The van der Waals surface area contributed by atoms with Gasteiger partial charge in [-0.25, -0.2) is 22.9 Å². The summed E-state index contributed by atoms with van der Waals surface area (Å²) in [6.45, 7) is 1.49. The van der Waals surface area contributed by atoms with Crippen LogP contribution >= 0.6 is 11.6 Å². The van der Waals surface area contributed by atoms with E-state index < -0.39 is 21.6 Å². The predicted octanol–water partition coefficient (Wildman–Crippen LogP) is 3.75. The number of sulfone groups is 1. The largest absolute Gasteiger partial charge is 0.417 e. The third-order valence-corrected chi connectivity index (χ3v) is 6.51. The summed E-state index contributed by atoms with van der Waals surface area (Å²) < 4.78 is 67.4. The molecular weight excluding hydrogens is 431 g/mol. The Morgan fingerprint density at radius 1 is 1.24 bits per heavy atom. The van der Waals surface area contributed by atoms with Crippen LogP contribution in [0.1, 0.15) is 12.5 Å². The molecule has 152 valence electrons. The van der Waals surface area contributed by atoms with Gasteiger partial charge in [0.05, 0.1) is 16.8 Å². The van der Waals surface area contributed by atoms with E-state index in [4.69, 9.17) is 11.6 Å². The van der Waals surface area contributed by atoms with E-state index in [-0.39, 0.29) is 38.8 Å². The first-order valence-corrected chi connectivity index (χ1v) is 10.4. The molecule has 0 aliphatic heterocycles. The molecule has 0 aliphatic carbocycles. The minimum absolute atomic E-state index is 0.0168. The summed E-state index contributed by atoms with van der Waals surface area (Å²) >= 11 is 6.02. The first-order valence-electron chi connectivity index (χ1n) is 8.33. The Morgan fingerprint density at radius 2 is 1.97 bits per heavy atom. The van der Waals surface area contributed by atoms with Gasteiger partial charge in [0.1, 0.15) is 16.1 Å². The van der Waals surface area contributed by atoms with Crippen molar-refractivity contribution in [1.82, 2.24) is 24.1 Å². The highest BCUT2D eigenvalue weighted by molar-refractivity contribution is 7.91. The topological polar surface area (TPSA) is 82.1 Å². The van der Waals surface area contributed by atoms with E-state index in [9.17, 15) is 21.6 Å². The van der Waals surface area contributed by atoms with Crippen LogP contribution in [0, 0.1) is 0 Å². The number of hydrogen-bond acceptors (Lipinski definition) is 5. The third-order valence-electron chi connectivity index (χ3n) is 4.49. The van der Waals surface area contributed by atoms with Crippen LogP contribution in [-0.2, 0) is 23.1 Å². The van der Waals surface area contributed by atoms with Crippen LogP contribution in [0.4, 0.5) is 13.2 Å². The molecule has 12 heteroatoms. The molecule has 0 radical (unpaired) electrons. The number of halogens is 4. The molecule has 0 aromatic carbocycles. The Balaban J connectivity index is 2.06. The Labute approximate surface area is 167 Å². The highest BCUT2D eigenvalue weighted by Gasteiger charge is 2.33. The van der Waals surface area contributed by atoms with Crippen molar-refractivity contribution in [3.05, 3.63) is 41.2 Å². The number of rotatable bonds is 3. The number of aromatic nitrogens is 5. The number of aryl methyl sites for hydroxylation is 1. The number of imidazole rings is 1. The monoisotopic (exact) mass is 443 g/mol. The Morgan fingerprint density at radius 3 is 2.62 bits per heavy atom. The summed E-state index contributed by atoms with van der Waals surface area (Å²) in [6, 6.07) is 3.87. The van der Waals surface area contributed by atoms with Crippen molar-refractivity contribution in [2.75, 3.05) is 5.75 Å². The molecule has 0 saturated heterocycles. The van der Waals surface area contributed by atoms with Gasteiger partial charge in [-0.1, -0.05) is 18.5 Å². The molecule has 0 fully saturated rings. The number of alkyl halides is 3. The SMILES string of the molecule is CCS(=O)(=O)c1c(-c2nc3cc(C(F)(F)F)cnc3n2C)nn2ccc(Cl)cc12. The van der Waals surface area contributed by atoms with Gasteiger partial charge in [0.2, 0.25) is 0 Å². The van der Waals surface area contributed by atoms with Gasteiger partial charge >= 0.3 is 6.18 Å². The minimum Gasteiger partial charge on any atom is -0.310 e. The lowest BCUT2D eigenvalue weighted by atomic mass is 10.2. The molecule has 4 aromatic rings. The minimum atomic E-state index is -4.57. The lowest BCUT2D eigenvalue weighted by molar-refractivity contribution is -0.137. The average Bonchev–Trinajstić information content (AvgIpc) is 3.18. The van der Waals surface area contributed by atoms with Crippen LogP contribution in [0.15, 0.2) is 35.5 Å². The van der Waals surface area contributed by atoms with Gasteiger partial charge in [0.15, 0.2) is 21.3 Å². The van der Waals surface area contributed by atoms with Crippen molar-refractivity contribution in [3.63, 3.8) is 0 Å². The third kappa shape index (κ3) is 3.14. The zero-order chi connectivity index (χ0) is 21.1. The summed E-state index contributed by atoms with van der Waals surface area (Å²) in [6.07, 6.45) is -2.37. The van der Waals surface area contributed by atoms with Crippen molar-refractivity contribution < 1.29 is 21.6 Å². The molecular formula is C17H13ClF3N5O2S. The van der Waals surface area contributed by atoms with Crippen LogP contribution in [0.5, 0.6) is 0 Å². The molecule has 0 amide bonds. The molecule has 4 rings (SSSR count). The van der Waals surface area contributed by atoms with Gasteiger partial charge in [-0.2, -0.15) is 18.3 Å². The second-order valence-electron chi connectivity index (χ2n) is 6.31. The molecule has 0 bridgehead atoms. The molecule has 0 aliphatic rings. The lowest BCUT2D eigenvalue weighted by Gasteiger charge is -2.05. The van der Waals surface area contributed by atoms with Gasteiger partial charge in [0.25, 0.3) is 0 Å². The Hall–Kier alpha value is -2.66. The summed E-state index contributed by atoms with van der Waals surface area (Å²) in [5.74, 6) is -0.118. The molecule has 0 N–H and O–H groups in total. The van der Waals surface area contributed by atoms with Crippen LogP contribution < -0.4 is 0 Å². The molecule has 0 atom stereocenters. The van der Waals surface area contributed by atoms with Crippen LogP contribution in [0.3, 0.4) is 0 Å². The summed E-state index contributed by atoms with van der Waals surface area (Å²) in [4.78, 5) is 7.97. The van der Waals surface area contributed by atoms with Crippen molar-refractivity contribution >= 4 is 38.1 Å². The second kappa shape index (κ2) is 6.42. The van der Waals surface area contributed by atoms with E-state index in [1.807, 2.05) is 0 Å². The zero-order valence-electron chi connectivity index (χ0n) is 15.1. The zero-order valence-corrected chi connectivity index (χ0v) is 16.6. The van der Waals surface area contributed by atoms with Gasteiger partial charge in [-0.3, -0.25) is 0 Å². The number of nitrogens with zero attached hydrogens (tertiary/aromatic N) is 5. The van der Waals surface area contributed by atoms with Crippen molar-refractivity contribution in [3.8, 4) is 11.5 Å². The molecule has 4 aromatic heterocycles. The highest BCUT2D eigenvalue weighted by Crippen LogP contribution is 2.34. The second-order valence-corrected chi connectivity index (χ2v) is 8.97. The summed E-state index contributed by atoms with van der Waals surface area (Å²) in [7, 11) is -2.23. The van der Waals surface area contributed by atoms with Crippen molar-refractivity contribution in [1.29, 1.82) is 0 Å². The molecule has 0 unspecified atom stereocenters. The number of pyridine rings is 2. The van der Waals surface area contributed by atoms with E-state index in [1.165, 1.54) is 35.3 Å². The van der Waals surface area contributed by atoms with E-state index >= 15 is 0 Å². The standard InChI is InChI=1S/C17H13ClF3N5O2S/c1-3-29(27,28)14-12-7-10(18)4-5-26(12)24-13(14)16-23-11-6-9(17(19,20)21)8-22-15(11)25(16)2/h4-8H,3H2,1-2H3. The Kier molecular flexibility index (Phi) is 4.35. The van der Waals surface area contributed by atoms with E-state index in [2.05, 4.69) is 15.1 Å². The maximum absolute atomic E-state index is 13.0. The predicted molar refractivity (Wildman–Crippen MR) is 100 cm³/mol. The van der Waals surface area contributed by atoms with Gasteiger partial charge in [0, 0.05) is 24.5 Å². The first kappa shape index (κ1) is 19.6. The molecule has 7 nitrogen and oxygen atoms in total. The normalized spacial score (nSPS) is 12.9. The van der Waals surface area contributed by atoms with Crippen LogP contribution in [0.2, 0.25) is 5.02 Å². The van der Waals surface area contributed by atoms with E-state index in [0.29, 0.717) is 11.2 Å².